The number of imide groups is 1. The molecule has 2 aliphatic heterocycles. The van der Waals surface area contributed by atoms with Gasteiger partial charge in [-0.25, -0.2) is 0 Å². The fraction of sp³-hybridized carbons (Fsp3) is 0.542. The molecule has 1 aromatic carbocycles. The first-order valence-corrected chi connectivity index (χ1v) is 10.8. The molecule has 5 nitrogen and oxygen atoms in total. The highest BCUT2D eigenvalue weighted by Gasteiger charge is 2.60. The molecular formula is C24H28N2O3. The van der Waals surface area contributed by atoms with E-state index in [4.69, 9.17) is 0 Å². The first-order valence-electron chi connectivity index (χ1n) is 10.8. The molecule has 2 bridgehead atoms. The summed E-state index contributed by atoms with van der Waals surface area (Å²) in [6.45, 7) is 6.58. The van der Waals surface area contributed by atoms with Crippen LogP contribution < -0.4 is 0 Å². The van der Waals surface area contributed by atoms with Crippen molar-refractivity contribution < 1.29 is 14.4 Å². The summed E-state index contributed by atoms with van der Waals surface area (Å²) in [5, 5.41) is 0. The van der Waals surface area contributed by atoms with Crippen LogP contribution in [-0.4, -0.2) is 40.1 Å². The molecule has 4 aliphatic rings. The lowest BCUT2D eigenvalue weighted by atomic mass is 9.85. The number of allylic oxidation sites excluding steroid dienone is 2. The minimum absolute atomic E-state index is 0.0226. The Morgan fingerprint density at radius 2 is 1.69 bits per heavy atom. The lowest BCUT2D eigenvalue weighted by molar-refractivity contribution is -0.152. The van der Waals surface area contributed by atoms with Gasteiger partial charge in [-0.2, -0.15) is 0 Å². The van der Waals surface area contributed by atoms with Crippen LogP contribution in [0.2, 0.25) is 0 Å². The molecule has 5 heteroatoms. The second-order valence-corrected chi connectivity index (χ2v) is 9.26. The summed E-state index contributed by atoms with van der Waals surface area (Å²) in [7, 11) is 0. The number of amides is 3. The van der Waals surface area contributed by atoms with Crippen molar-refractivity contribution in [3.05, 3.63) is 47.0 Å². The molecule has 1 saturated carbocycles. The van der Waals surface area contributed by atoms with Crippen LogP contribution in [0.5, 0.6) is 0 Å². The molecule has 0 spiro atoms. The third-order valence-electron chi connectivity index (χ3n) is 7.70. The fourth-order valence-electron chi connectivity index (χ4n) is 6.01. The Labute approximate surface area is 171 Å². The van der Waals surface area contributed by atoms with E-state index in [1.54, 1.807) is 6.92 Å². The number of nitrogens with zero attached hydrogens (tertiary/aromatic N) is 2. The van der Waals surface area contributed by atoms with Gasteiger partial charge in [0.2, 0.25) is 17.7 Å². The number of hydrogen-bond donors (Lipinski definition) is 0. The van der Waals surface area contributed by atoms with Crippen LogP contribution in [0.15, 0.2) is 30.4 Å². The Kier molecular flexibility index (Phi) is 4.19. The zero-order valence-corrected chi connectivity index (χ0v) is 17.3. The van der Waals surface area contributed by atoms with Gasteiger partial charge in [0.1, 0.15) is 6.04 Å². The summed E-state index contributed by atoms with van der Waals surface area (Å²) in [4.78, 5) is 42.8. The number of hydrogen-bond acceptors (Lipinski definition) is 3. The lowest BCUT2D eigenvalue weighted by Gasteiger charge is -2.31. The van der Waals surface area contributed by atoms with E-state index in [9.17, 15) is 14.4 Å². The maximum atomic E-state index is 13.4. The lowest BCUT2D eigenvalue weighted by Crippen LogP contribution is -2.50. The third kappa shape index (κ3) is 2.62. The van der Waals surface area contributed by atoms with Crippen molar-refractivity contribution in [3.8, 4) is 0 Å². The predicted octanol–water partition coefficient (Wildman–Crippen LogP) is 3.16. The molecule has 0 N–H and O–H groups in total. The standard InChI is InChI=1S/C24H28N2O3/c1-13-6-7-16(11-14(13)2)19-5-4-10-25(19)22(27)15(3)26-23(28)20-17-8-9-18(12-17)21(20)24(26)29/h6-9,11,15,17-21H,4-5,10,12H2,1-3H3/t15-,17-,18-,19-,20-,21-/m0/s1. The Morgan fingerprint density at radius 1 is 1.03 bits per heavy atom. The van der Waals surface area contributed by atoms with Gasteiger partial charge in [-0.1, -0.05) is 30.4 Å². The number of aryl methyl sites for hydroxylation is 2. The fourth-order valence-corrected chi connectivity index (χ4v) is 6.01. The normalized spacial score (nSPS) is 33.7. The summed E-state index contributed by atoms with van der Waals surface area (Å²) in [6.07, 6.45) is 6.94. The topological polar surface area (TPSA) is 57.7 Å². The molecule has 2 heterocycles. The zero-order valence-electron chi connectivity index (χ0n) is 17.3. The highest BCUT2D eigenvalue weighted by Crippen LogP contribution is 2.53. The molecular weight excluding hydrogens is 364 g/mol. The van der Waals surface area contributed by atoms with Crippen molar-refractivity contribution >= 4 is 17.7 Å². The molecule has 0 unspecified atom stereocenters. The van der Waals surface area contributed by atoms with E-state index in [0.717, 1.165) is 24.8 Å². The predicted molar refractivity (Wildman–Crippen MR) is 109 cm³/mol. The van der Waals surface area contributed by atoms with Crippen LogP contribution in [-0.2, 0) is 14.4 Å². The van der Waals surface area contributed by atoms with Crippen LogP contribution in [0.4, 0.5) is 0 Å². The number of carbonyl (C=O) groups is 3. The molecule has 3 amide bonds. The van der Waals surface area contributed by atoms with Crippen molar-refractivity contribution in [1.82, 2.24) is 9.80 Å². The van der Waals surface area contributed by atoms with Crippen LogP contribution in [0.25, 0.3) is 0 Å². The Hall–Kier alpha value is -2.43. The maximum absolute atomic E-state index is 13.4. The molecule has 0 radical (unpaired) electrons. The van der Waals surface area contributed by atoms with E-state index in [1.807, 2.05) is 4.90 Å². The monoisotopic (exact) mass is 392 g/mol. The van der Waals surface area contributed by atoms with Crippen LogP contribution in [0, 0.1) is 37.5 Å². The highest BCUT2D eigenvalue weighted by molar-refractivity contribution is 6.09. The first kappa shape index (κ1) is 18.6. The van der Waals surface area contributed by atoms with E-state index in [2.05, 4.69) is 44.2 Å². The molecule has 5 rings (SSSR count). The third-order valence-corrected chi connectivity index (χ3v) is 7.70. The number of carbonyl (C=O) groups excluding carboxylic acids is 3. The van der Waals surface area contributed by atoms with E-state index >= 15 is 0 Å². The Morgan fingerprint density at radius 3 is 2.31 bits per heavy atom. The SMILES string of the molecule is Cc1ccc([C@@H]2CCCN2C(=O)[C@H](C)N2C(=O)[C@@H]3[C@@H](C2=O)[C@H]2C=C[C@H]3C2)cc1C. The molecule has 152 valence electrons. The van der Waals surface area contributed by atoms with Crippen LogP contribution in [0.3, 0.4) is 0 Å². The van der Waals surface area contributed by atoms with E-state index in [0.29, 0.717) is 6.54 Å². The van der Waals surface area contributed by atoms with Gasteiger partial charge in [0.25, 0.3) is 0 Å². The molecule has 3 fully saturated rings. The Bertz CT molecular complexity index is 906. The van der Waals surface area contributed by atoms with Gasteiger partial charge in [-0.3, -0.25) is 19.3 Å². The summed E-state index contributed by atoms with van der Waals surface area (Å²) in [5.41, 5.74) is 3.60. The first-order chi connectivity index (χ1) is 13.9. The van der Waals surface area contributed by atoms with E-state index < -0.39 is 6.04 Å². The second kappa shape index (κ2) is 6.54. The maximum Gasteiger partial charge on any atom is 0.246 e. The average molecular weight is 392 g/mol. The van der Waals surface area contributed by atoms with Crippen molar-refractivity contribution in [3.63, 3.8) is 0 Å². The van der Waals surface area contributed by atoms with Gasteiger partial charge >= 0.3 is 0 Å². The Balaban J connectivity index is 1.38. The van der Waals surface area contributed by atoms with Crippen molar-refractivity contribution in [2.75, 3.05) is 6.54 Å². The number of likely N-dealkylation sites (tertiary alicyclic amines) is 2. The van der Waals surface area contributed by atoms with Crippen molar-refractivity contribution in [2.45, 2.75) is 52.1 Å². The van der Waals surface area contributed by atoms with Gasteiger partial charge in [0.05, 0.1) is 17.9 Å². The van der Waals surface area contributed by atoms with Gasteiger partial charge in [-0.15, -0.1) is 0 Å². The highest BCUT2D eigenvalue weighted by atomic mass is 16.2. The van der Waals surface area contributed by atoms with Crippen LogP contribution >= 0.6 is 0 Å². The van der Waals surface area contributed by atoms with Gasteiger partial charge in [-0.05, 0) is 68.6 Å². The van der Waals surface area contributed by atoms with Crippen molar-refractivity contribution in [2.24, 2.45) is 23.7 Å². The number of benzene rings is 1. The van der Waals surface area contributed by atoms with Gasteiger partial charge in [0, 0.05) is 6.54 Å². The second-order valence-electron chi connectivity index (χ2n) is 9.26. The zero-order chi connectivity index (χ0) is 20.4. The minimum atomic E-state index is -0.729. The summed E-state index contributed by atoms with van der Waals surface area (Å²) < 4.78 is 0. The molecule has 2 saturated heterocycles. The van der Waals surface area contributed by atoms with Gasteiger partial charge in [0.15, 0.2) is 0 Å². The average Bonchev–Trinajstić information content (AvgIpc) is 3.47. The summed E-state index contributed by atoms with van der Waals surface area (Å²) >= 11 is 0. The number of fused-ring (bicyclic) bond motifs is 5. The molecule has 29 heavy (non-hydrogen) atoms. The van der Waals surface area contributed by atoms with Crippen molar-refractivity contribution in [1.29, 1.82) is 0 Å². The van der Waals surface area contributed by atoms with Gasteiger partial charge < -0.3 is 4.90 Å². The quantitative estimate of drug-likeness (QED) is 0.586. The number of rotatable bonds is 3. The van der Waals surface area contributed by atoms with Crippen LogP contribution in [0.1, 0.15) is 48.9 Å². The largest absolute Gasteiger partial charge is 0.334 e. The molecule has 2 aliphatic carbocycles. The summed E-state index contributed by atoms with van der Waals surface area (Å²) in [6, 6.07) is 5.66. The minimum Gasteiger partial charge on any atom is -0.334 e. The molecule has 1 aromatic rings. The van der Waals surface area contributed by atoms with E-state index in [1.165, 1.54) is 16.0 Å². The molecule has 0 aromatic heterocycles. The molecule has 6 atom stereocenters. The summed E-state index contributed by atoms with van der Waals surface area (Å²) in [5.74, 6) is -0.539. The smallest absolute Gasteiger partial charge is 0.246 e. The van der Waals surface area contributed by atoms with E-state index in [-0.39, 0.29) is 47.4 Å².